The smallest absolute Gasteiger partial charge is 0.0465 e. The highest BCUT2D eigenvalue weighted by Crippen LogP contribution is 2.55. The normalized spacial score (nSPS) is 15.2. The molecular weight excluding hydrogens is 819 g/mol. The zero-order valence-electron chi connectivity index (χ0n) is 38.5. The van der Waals surface area contributed by atoms with E-state index >= 15 is 0 Å². The van der Waals surface area contributed by atoms with E-state index in [2.05, 4.69) is 268 Å². The van der Waals surface area contributed by atoms with Gasteiger partial charge in [0.2, 0.25) is 0 Å². The van der Waals surface area contributed by atoms with E-state index in [0.29, 0.717) is 0 Å². The van der Waals surface area contributed by atoms with Gasteiger partial charge in [-0.1, -0.05) is 214 Å². The molecule has 11 aromatic carbocycles. The predicted molar refractivity (Wildman–Crippen MR) is 287 cm³/mol. The molecule has 2 aliphatic carbocycles. The monoisotopic (exact) mass is 867 g/mol. The summed E-state index contributed by atoms with van der Waals surface area (Å²) >= 11 is 0. The van der Waals surface area contributed by atoms with E-state index in [1.54, 1.807) is 0 Å². The topological polar surface area (TPSA) is 3.24 Å². The number of nitrogens with zero attached hydrogens (tertiary/aromatic N) is 1. The zero-order valence-corrected chi connectivity index (χ0v) is 38.5. The van der Waals surface area contributed by atoms with E-state index in [9.17, 15) is 0 Å². The molecule has 0 saturated heterocycles. The second kappa shape index (κ2) is 15.4. The molecule has 0 saturated carbocycles. The maximum Gasteiger partial charge on any atom is 0.0465 e. The van der Waals surface area contributed by atoms with Gasteiger partial charge in [0.25, 0.3) is 0 Å². The maximum atomic E-state index is 2.45. The van der Waals surface area contributed by atoms with Gasteiger partial charge in [-0.25, -0.2) is 0 Å². The number of fused-ring (bicyclic) bond motifs is 9. The van der Waals surface area contributed by atoms with Gasteiger partial charge in [0, 0.05) is 27.9 Å². The molecule has 13 rings (SSSR count). The Balaban J connectivity index is 0.951. The number of anilines is 3. The summed E-state index contributed by atoms with van der Waals surface area (Å²) in [7, 11) is 0. The average Bonchev–Trinajstić information content (AvgIpc) is 3.80. The third-order valence-electron chi connectivity index (χ3n) is 15.3. The van der Waals surface area contributed by atoms with E-state index < -0.39 is 0 Å². The number of benzene rings is 11. The fraction of sp³-hybridized carbons (Fsp3) is 0.0746. The van der Waals surface area contributed by atoms with Crippen LogP contribution >= 0.6 is 0 Å². The lowest BCUT2D eigenvalue weighted by molar-refractivity contribution is 0.662. The second-order valence-corrected chi connectivity index (χ2v) is 19.3. The van der Waals surface area contributed by atoms with Crippen molar-refractivity contribution in [3.05, 3.63) is 270 Å². The van der Waals surface area contributed by atoms with Crippen LogP contribution in [0.4, 0.5) is 17.1 Å². The Bertz CT molecular complexity index is 3770. The Morgan fingerprint density at radius 2 is 0.779 bits per heavy atom. The third-order valence-corrected chi connectivity index (χ3v) is 15.3. The lowest BCUT2D eigenvalue weighted by Crippen LogP contribution is -2.22. The van der Waals surface area contributed by atoms with Crippen molar-refractivity contribution in [3.8, 4) is 55.6 Å². The molecule has 0 fully saturated rings. The minimum Gasteiger partial charge on any atom is -0.310 e. The molecule has 0 radical (unpaired) electrons. The first-order valence-corrected chi connectivity index (χ1v) is 23.9. The molecule has 11 aromatic rings. The Labute approximate surface area is 399 Å². The quantitative estimate of drug-likeness (QED) is 0.144. The number of rotatable bonds is 7. The van der Waals surface area contributed by atoms with E-state index in [-0.39, 0.29) is 10.8 Å². The standard InChI is InChI=1S/C67H49N/c1-66(2)62-30-15-13-27-57(62)60-29-17-28-59(65(60)66)54-24-10-9-21-51(54)44-32-36-48(37-33-44)68(49-38-34-45(35-39-49)61-42-46-18-7-8-22-52(46)53-23-11-12-25-55(53)61)50-40-41-58-56-26-14-16-31-63(56)67(3,64(58)43-50)47-19-5-4-6-20-47/h4-43H,1-3H3. The van der Waals surface area contributed by atoms with Crippen molar-refractivity contribution in [2.45, 2.75) is 31.6 Å². The fourth-order valence-electron chi connectivity index (χ4n) is 12.1. The lowest BCUT2D eigenvalue weighted by Gasteiger charge is -2.31. The molecule has 0 aliphatic heterocycles. The molecule has 0 N–H and O–H groups in total. The van der Waals surface area contributed by atoms with Gasteiger partial charge in [-0.15, -0.1) is 0 Å². The molecule has 0 spiro atoms. The highest BCUT2D eigenvalue weighted by Gasteiger charge is 2.41. The van der Waals surface area contributed by atoms with Crippen LogP contribution in [0.15, 0.2) is 243 Å². The van der Waals surface area contributed by atoms with Crippen molar-refractivity contribution in [3.63, 3.8) is 0 Å². The van der Waals surface area contributed by atoms with Gasteiger partial charge in [-0.3, -0.25) is 0 Å². The van der Waals surface area contributed by atoms with Gasteiger partial charge in [0.05, 0.1) is 0 Å². The second-order valence-electron chi connectivity index (χ2n) is 19.3. The highest BCUT2D eigenvalue weighted by atomic mass is 15.1. The van der Waals surface area contributed by atoms with Crippen LogP contribution in [-0.2, 0) is 10.8 Å². The minimum atomic E-state index is -0.322. The van der Waals surface area contributed by atoms with Gasteiger partial charge in [-0.2, -0.15) is 0 Å². The number of hydrogen-bond donors (Lipinski definition) is 0. The molecule has 1 heteroatoms. The highest BCUT2D eigenvalue weighted by molar-refractivity contribution is 6.13. The van der Waals surface area contributed by atoms with Crippen LogP contribution in [0.3, 0.4) is 0 Å². The maximum absolute atomic E-state index is 2.45. The average molecular weight is 868 g/mol. The minimum absolute atomic E-state index is 0.120. The molecule has 1 nitrogen and oxygen atoms in total. The summed E-state index contributed by atoms with van der Waals surface area (Å²) in [6.45, 7) is 7.16. The number of hydrogen-bond acceptors (Lipinski definition) is 1. The van der Waals surface area contributed by atoms with Crippen LogP contribution in [0.1, 0.15) is 48.6 Å². The first kappa shape index (κ1) is 40.1. The van der Waals surface area contributed by atoms with E-state index in [4.69, 9.17) is 0 Å². The van der Waals surface area contributed by atoms with Crippen LogP contribution in [0.5, 0.6) is 0 Å². The summed E-state index contributed by atoms with van der Waals surface area (Å²) in [6.07, 6.45) is 0. The molecule has 322 valence electrons. The molecule has 0 bridgehead atoms. The van der Waals surface area contributed by atoms with Crippen molar-refractivity contribution in [2.24, 2.45) is 0 Å². The predicted octanol–water partition coefficient (Wildman–Crippen LogP) is 18.1. The van der Waals surface area contributed by atoms with Crippen LogP contribution < -0.4 is 4.90 Å². The summed E-state index contributed by atoms with van der Waals surface area (Å²) in [6, 6.07) is 90.2. The van der Waals surface area contributed by atoms with Gasteiger partial charge in [0.15, 0.2) is 0 Å². The van der Waals surface area contributed by atoms with Crippen molar-refractivity contribution >= 4 is 38.6 Å². The molecular formula is C67H49N. The molecule has 1 atom stereocenters. The largest absolute Gasteiger partial charge is 0.310 e. The molecule has 0 heterocycles. The molecule has 0 aromatic heterocycles. The third kappa shape index (κ3) is 6.02. The van der Waals surface area contributed by atoms with Crippen molar-refractivity contribution in [1.82, 2.24) is 0 Å². The van der Waals surface area contributed by atoms with Crippen LogP contribution in [0, 0.1) is 0 Å². The summed E-state index contributed by atoms with van der Waals surface area (Å²) in [4.78, 5) is 2.44. The lowest BCUT2D eigenvalue weighted by atomic mass is 9.74. The fourth-order valence-corrected chi connectivity index (χ4v) is 12.1. The summed E-state index contributed by atoms with van der Waals surface area (Å²) in [5.41, 5.74) is 22.3. The summed E-state index contributed by atoms with van der Waals surface area (Å²) in [5, 5.41) is 5.07. The first-order valence-electron chi connectivity index (χ1n) is 23.9. The molecule has 0 amide bonds. The van der Waals surface area contributed by atoms with E-state index in [0.717, 1.165) is 17.1 Å². The zero-order chi connectivity index (χ0) is 45.6. The molecule has 1 unspecified atom stereocenters. The van der Waals surface area contributed by atoms with Crippen molar-refractivity contribution in [1.29, 1.82) is 0 Å². The van der Waals surface area contributed by atoms with Gasteiger partial charge >= 0.3 is 0 Å². The van der Waals surface area contributed by atoms with E-state index in [1.807, 2.05) is 0 Å². The molecule has 68 heavy (non-hydrogen) atoms. The Morgan fingerprint density at radius 3 is 1.49 bits per heavy atom. The Morgan fingerprint density at radius 1 is 0.294 bits per heavy atom. The summed E-state index contributed by atoms with van der Waals surface area (Å²) in [5.74, 6) is 0. The summed E-state index contributed by atoms with van der Waals surface area (Å²) < 4.78 is 0. The van der Waals surface area contributed by atoms with Crippen LogP contribution in [0.25, 0.3) is 77.2 Å². The molecule has 2 aliphatic rings. The van der Waals surface area contributed by atoms with Gasteiger partial charge < -0.3 is 4.90 Å². The van der Waals surface area contributed by atoms with Crippen molar-refractivity contribution < 1.29 is 0 Å². The van der Waals surface area contributed by atoms with Gasteiger partial charge in [0.1, 0.15) is 0 Å². The first-order chi connectivity index (χ1) is 33.4. The van der Waals surface area contributed by atoms with Crippen LogP contribution in [0.2, 0.25) is 0 Å². The van der Waals surface area contributed by atoms with E-state index in [1.165, 1.54) is 105 Å². The van der Waals surface area contributed by atoms with Gasteiger partial charge in [-0.05, 0) is 154 Å². The Hall–Kier alpha value is -8.26. The van der Waals surface area contributed by atoms with Crippen molar-refractivity contribution in [2.75, 3.05) is 4.90 Å². The van der Waals surface area contributed by atoms with Crippen LogP contribution in [-0.4, -0.2) is 0 Å². The SMILES string of the molecule is CC1(C)c2ccccc2-c2cccc(-c3ccccc3-c3ccc(N(c4ccc(-c5cc6ccccc6c6ccccc56)cc4)c4ccc5c(c4)C(C)(c4ccccc4)c4ccccc4-5)cc3)c21. The Kier molecular flexibility index (Phi) is 9.07.